The SMILES string of the molecule is CCOC(=O)c1cccc(Oc2cccc(S(=O)(=O)c3ccc(C[C@@H](C)NC[C@@H](O)c4cccc(Cl)c4)cc3)c2)c1. The average molecular weight is 594 g/mol. The van der Waals surface area contributed by atoms with Crippen molar-refractivity contribution in [3.63, 3.8) is 0 Å². The van der Waals surface area contributed by atoms with E-state index in [1.165, 1.54) is 12.1 Å². The number of rotatable bonds is 12. The van der Waals surface area contributed by atoms with E-state index in [-0.39, 0.29) is 22.4 Å². The van der Waals surface area contributed by atoms with Crippen molar-refractivity contribution in [3.8, 4) is 11.5 Å². The number of carbonyl (C=O) groups excluding carboxylic acids is 1. The third-order valence-electron chi connectivity index (χ3n) is 6.37. The normalized spacial score (nSPS) is 12.9. The van der Waals surface area contributed by atoms with Gasteiger partial charge in [0.1, 0.15) is 11.5 Å². The van der Waals surface area contributed by atoms with Gasteiger partial charge in [-0.05, 0) is 92.1 Å². The van der Waals surface area contributed by atoms with E-state index in [0.717, 1.165) is 11.1 Å². The smallest absolute Gasteiger partial charge is 0.338 e. The van der Waals surface area contributed by atoms with Gasteiger partial charge < -0.3 is 19.9 Å². The highest BCUT2D eigenvalue weighted by atomic mass is 35.5. The highest BCUT2D eigenvalue weighted by molar-refractivity contribution is 7.91. The van der Waals surface area contributed by atoms with E-state index >= 15 is 0 Å². The predicted octanol–water partition coefficient (Wildman–Crippen LogP) is 6.40. The van der Waals surface area contributed by atoms with Crippen LogP contribution in [0.1, 0.15) is 41.4 Å². The summed E-state index contributed by atoms with van der Waals surface area (Å²) in [4.78, 5) is 12.3. The van der Waals surface area contributed by atoms with E-state index in [4.69, 9.17) is 21.1 Å². The Hall–Kier alpha value is -3.69. The molecule has 0 aliphatic carbocycles. The van der Waals surface area contributed by atoms with E-state index in [1.807, 2.05) is 13.0 Å². The van der Waals surface area contributed by atoms with Crippen LogP contribution in [0.2, 0.25) is 5.02 Å². The summed E-state index contributed by atoms with van der Waals surface area (Å²) >= 11 is 6.01. The van der Waals surface area contributed by atoms with Crippen LogP contribution in [0.3, 0.4) is 0 Å². The minimum absolute atomic E-state index is 0.0439. The molecule has 214 valence electrons. The van der Waals surface area contributed by atoms with Gasteiger partial charge in [-0.25, -0.2) is 13.2 Å². The minimum atomic E-state index is -3.80. The minimum Gasteiger partial charge on any atom is -0.462 e. The third kappa shape index (κ3) is 8.17. The van der Waals surface area contributed by atoms with Crippen LogP contribution in [0.15, 0.2) is 107 Å². The van der Waals surface area contributed by atoms with Crippen LogP contribution in [0.25, 0.3) is 0 Å². The summed E-state index contributed by atoms with van der Waals surface area (Å²) in [5.74, 6) is 0.249. The van der Waals surface area contributed by atoms with Crippen molar-refractivity contribution in [1.82, 2.24) is 5.32 Å². The Morgan fingerprint density at radius 2 is 1.59 bits per heavy atom. The van der Waals surface area contributed by atoms with Gasteiger partial charge in [-0.3, -0.25) is 0 Å². The van der Waals surface area contributed by atoms with Crippen molar-refractivity contribution >= 4 is 27.4 Å². The summed E-state index contributed by atoms with van der Waals surface area (Å²) in [7, 11) is -3.80. The summed E-state index contributed by atoms with van der Waals surface area (Å²) in [6, 6.07) is 26.7. The monoisotopic (exact) mass is 593 g/mol. The first-order valence-electron chi connectivity index (χ1n) is 13.2. The van der Waals surface area contributed by atoms with E-state index in [9.17, 15) is 18.3 Å². The molecule has 2 N–H and O–H groups in total. The summed E-state index contributed by atoms with van der Waals surface area (Å²) in [6.07, 6.45) is -0.0403. The largest absolute Gasteiger partial charge is 0.462 e. The third-order valence-corrected chi connectivity index (χ3v) is 8.37. The number of esters is 1. The zero-order valence-corrected chi connectivity index (χ0v) is 24.4. The van der Waals surface area contributed by atoms with Crippen molar-refractivity contribution in [1.29, 1.82) is 0 Å². The first-order chi connectivity index (χ1) is 19.7. The van der Waals surface area contributed by atoms with Gasteiger partial charge in [0.25, 0.3) is 0 Å². The quantitative estimate of drug-likeness (QED) is 0.183. The van der Waals surface area contributed by atoms with Gasteiger partial charge in [0, 0.05) is 17.6 Å². The Morgan fingerprint density at radius 1 is 0.902 bits per heavy atom. The van der Waals surface area contributed by atoms with Gasteiger partial charge in [0.2, 0.25) is 9.84 Å². The Balaban J connectivity index is 1.39. The highest BCUT2D eigenvalue weighted by Crippen LogP contribution is 2.28. The van der Waals surface area contributed by atoms with E-state index < -0.39 is 21.9 Å². The van der Waals surface area contributed by atoms with Crippen molar-refractivity contribution in [2.24, 2.45) is 0 Å². The number of hydrogen-bond donors (Lipinski definition) is 2. The second-order valence-electron chi connectivity index (χ2n) is 9.56. The molecule has 0 saturated carbocycles. The molecular weight excluding hydrogens is 562 g/mol. The molecule has 4 aromatic carbocycles. The molecule has 4 aromatic rings. The fraction of sp³-hybridized carbons (Fsp3) is 0.219. The Morgan fingerprint density at radius 3 is 2.29 bits per heavy atom. The molecule has 0 unspecified atom stereocenters. The van der Waals surface area contributed by atoms with Crippen LogP contribution in [0.4, 0.5) is 0 Å². The molecule has 41 heavy (non-hydrogen) atoms. The summed E-state index contributed by atoms with van der Waals surface area (Å²) in [5, 5.41) is 14.3. The molecule has 7 nitrogen and oxygen atoms in total. The van der Waals surface area contributed by atoms with E-state index in [1.54, 1.807) is 85.8 Å². The molecule has 0 fully saturated rings. The van der Waals surface area contributed by atoms with Gasteiger partial charge in [-0.1, -0.05) is 48.0 Å². The maximum atomic E-state index is 13.4. The van der Waals surface area contributed by atoms with Crippen molar-refractivity contribution in [2.45, 2.75) is 42.2 Å². The Labute approximate surface area is 245 Å². The summed E-state index contributed by atoms with van der Waals surface area (Å²) in [5.41, 5.74) is 2.04. The zero-order chi connectivity index (χ0) is 29.4. The number of ether oxygens (including phenoxy) is 2. The molecule has 4 rings (SSSR count). The van der Waals surface area contributed by atoms with E-state index in [0.29, 0.717) is 35.1 Å². The van der Waals surface area contributed by atoms with Crippen LogP contribution in [0.5, 0.6) is 11.5 Å². The zero-order valence-electron chi connectivity index (χ0n) is 22.8. The van der Waals surface area contributed by atoms with Crippen molar-refractivity contribution in [3.05, 3.63) is 119 Å². The Kier molecular flexibility index (Phi) is 10.2. The first kappa shape index (κ1) is 30.3. The van der Waals surface area contributed by atoms with Crippen LogP contribution < -0.4 is 10.1 Å². The highest BCUT2D eigenvalue weighted by Gasteiger charge is 2.19. The molecule has 0 aliphatic heterocycles. The fourth-order valence-corrected chi connectivity index (χ4v) is 5.75. The lowest BCUT2D eigenvalue weighted by Gasteiger charge is -2.18. The lowest BCUT2D eigenvalue weighted by atomic mass is 10.1. The van der Waals surface area contributed by atoms with Gasteiger partial charge in [-0.2, -0.15) is 0 Å². The van der Waals surface area contributed by atoms with Crippen LogP contribution in [0, 0.1) is 0 Å². The number of nitrogens with one attached hydrogen (secondary N) is 1. The molecule has 0 aromatic heterocycles. The number of sulfone groups is 1. The van der Waals surface area contributed by atoms with Crippen molar-refractivity contribution < 1.29 is 27.8 Å². The molecule has 0 saturated heterocycles. The average Bonchev–Trinajstić information content (AvgIpc) is 2.96. The van der Waals surface area contributed by atoms with Crippen LogP contribution >= 0.6 is 11.6 Å². The summed E-state index contributed by atoms with van der Waals surface area (Å²) in [6.45, 7) is 4.35. The second kappa shape index (κ2) is 13.8. The Bertz CT molecular complexity index is 1590. The molecule has 0 bridgehead atoms. The molecular formula is C32H32ClNO6S. The maximum Gasteiger partial charge on any atom is 0.338 e. The molecule has 2 atom stereocenters. The predicted molar refractivity (Wildman–Crippen MR) is 158 cm³/mol. The van der Waals surface area contributed by atoms with Crippen LogP contribution in [-0.2, 0) is 21.0 Å². The van der Waals surface area contributed by atoms with Crippen LogP contribution in [-0.4, -0.2) is 38.7 Å². The number of hydrogen-bond acceptors (Lipinski definition) is 7. The summed E-state index contributed by atoms with van der Waals surface area (Å²) < 4.78 is 37.6. The van der Waals surface area contributed by atoms with Gasteiger partial charge in [0.05, 0.1) is 28.1 Å². The van der Waals surface area contributed by atoms with Gasteiger partial charge >= 0.3 is 5.97 Å². The lowest BCUT2D eigenvalue weighted by molar-refractivity contribution is 0.0526. The molecule has 0 heterocycles. The number of aliphatic hydroxyl groups excluding tert-OH is 1. The molecule has 0 radical (unpaired) electrons. The van der Waals surface area contributed by atoms with Crippen molar-refractivity contribution in [2.75, 3.05) is 13.2 Å². The lowest BCUT2D eigenvalue weighted by Crippen LogP contribution is -2.32. The number of aliphatic hydroxyl groups is 1. The number of carbonyl (C=O) groups is 1. The molecule has 0 amide bonds. The molecule has 0 spiro atoms. The second-order valence-corrected chi connectivity index (χ2v) is 11.9. The number of benzene rings is 4. The van der Waals surface area contributed by atoms with E-state index in [2.05, 4.69) is 5.32 Å². The van der Waals surface area contributed by atoms with Gasteiger partial charge in [0.15, 0.2) is 0 Å². The first-order valence-corrected chi connectivity index (χ1v) is 15.1. The maximum absolute atomic E-state index is 13.4. The fourth-order valence-electron chi connectivity index (χ4n) is 4.25. The standard InChI is InChI=1S/C32H32ClNO6S/c1-3-39-32(36)25-8-5-10-27(19-25)40-28-11-6-12-30(20-28)41(37,38)29-15-13-23(14-16-29)17-22(2)34-21-31(35)24-7-4-9-26(33)18-24/h4-16,18-20,22,31,34-35H,3,17,21H2,1-2H3/t22-,31-/m1/s1. The topological polar surface area (TPSA) is 102 Å². The molecule has 0 aliphatic rings. The molecule has 9 heteroatoms. The van der Waals surface area contributed by atoms with Gasteiger partial charge in [-0.15, -0.1) is 0 Å². The number of halogens is 1.